The van der Waals surface area contributed by atoms with Gasteiger partial charge in [-0.3, -0.25) is 9.36 Å². The molecule has 0 bridgehead atoms. The van der Waals surface area contributed by atoms with Gasteiger partial charge in [0.05, 0.1) is 11.4 Å². The number of carbonyl (C=O) groups is 1. The van der Waals surface area contributed by atoms with Gasteiger partial charge in [-0.05, 0) is 44.2 Å². The molecular weight excluding hydrogens is 438 g/mol. The van der Waals surface area contributed by atoms with Gasteiger partial charge in [0, 0.05) is 16.1 Å². The molecule has 2 aromatic heterocycles. The number of amides is 1. The molecule has 0 fully saturated rings. The van der Waals surface area contributed by atoms with Gasteiger partial charge in [0.25, 0.3) is 5.91 Å². The average Bonchev–Trinajstić information content (AvgIpc) is 3.35. The third-order valence-corrected chi connectivity index (χ3v) is 6.49. The maximum Gasteiger partial charge on any atom is 0.275 e. The first-order valence-corrected chi connectivity index (χ1v) is 11.4. The van der Waals surface area contributed by atoms with Crippen LogP contribution in [0.5, 0.6) is 0 Å². The zero-order valence-corrected chi connectivity index (χ0v) is 18.7. The summed E-state index contributed by atoms with van der Waals surface area (Å²) < 4.78 is 1.95. The predicted molar refractivity (Wildman–Crippen MR) is 122 cm³/mol. The number of halogens is 1. The number of nitrogens with one attached hydrogen (secondary N) is 1. The van der Waals surface area contributed by atoms with Crippen LogP contribution in [0.25, 0.3) is 5.69 Å². The Morgan fingerprint density at radius 2 is 1.97 bits per heavy atom. The van der Waals surface area contributed by atoms with Crippen molar-refractivity contribution < 1.29 is 4.79 Å². The van der Waals surface area contributed by atoms with Crippen LogP contribution in [0.1, 0.15) is 26.9 Å². The molecule has 6 nitrogen and oxygen atoms in total. The number of thiazole rings is 1. The highest BCUT2D eigenvalue weighted by molar-refractivity contribution is 7.98. The molecule has 0 aliphatic rings. The van der Waals surface area contributed by atoms with Crippen molar-refractivity contribution in [1.29, 1.82) is 0 Å². The first kappa shape index (κ1) is 20.6. The van der Waals surface area contributed by atoms with Crippen LogP contribution in [0, 0.1) is 13.8 Å². The van der Waals surface area contributed by atoms with Gasteiger partial charge in [0.15, 0.2) is 5.16 Å². The number of hydrogen-bond donors (Lipinski definition) is 1. The number of nitrogens with zero attached hydrogens (tertiary/aromatic N) is 4. The number of aryl methyl sites for hydroxylation is 2. The van der Waals surface area contributed by atoms with E-state index in [0.29, 0.717) is 16.5 Å². The summed E-state index contributed by atoms with van der Waals surface area (Å²) in [5.41, 5.74) is 3.20. The predicted octanol–water partition coefficient (Wildman–Crippen LogP) is 5.54. The molecule has 0 unspecified atom stereocenters. The Morgan fingerprint density at radius 1 is 1.17 bits per heavy atom. The number of carbonyl (C=O) groups excluding carboxylic acids is 1. The minimum atomic E-state index is -0.218. The molecular formula is C21H18ClN5OS2. The van der Waals surface area contributed by atoms with Gasteiger partial charge in [0.2, 0.25) is 0 Å². The number of aromatic nitrogens is 4. The second-order valence-corrected chi connectivity index (χ2v) is 8.90. The lowest BCUT2D eigenvalue weighted by Crippen LogP contribution is -2.12. The molecule has 2 heterocycles. The number of thioether (sulfide) groups is 1. The fraction of sp³-hybridized carbons (Fsp3) is 0.143. The standard InChI is InChI=1S/C21H18ClN5OS2/c1-13-6-8-16(9-7-13)23-20(28)18-11-29-19(24-18)12-30-21-26-25-14(2)27(21)17-5-3-4-15(22)10-17/h3-11H,12H2,1-2H3,(H,23,28). The monoisotopic (exact) mass is 455 g/mol. The topological polar surface area (TPSA) is 72.7 Å². The van der Waals surface area contributed by atoms with Crippen molar-refractivity contribution in [3.05, 3.63) is 81.0 Å². The zero-order valence-electron chi connectivity index (χ0n) is 16.3. The van der Waals surface area contributed by atoms with E-state index >= 15 is 0 Å². The minimum absolute atomic E-state index is 0.218. The molecule has 0 atom stereocenters. The molecule has 0 saturated carbocycles. The summed E-state index contributed by atoms with van der Waals surface area (Å²) in [7, 11) is 0. The largest absolute Gasteiger partial charge is 0.321 e. The lowest BCUT2D eigenvalue weighted by Gasteiger charge is -2.08. The SMILES string of the molecule is Cc1ccc(NC(=O)c2csc(CSc3nnc(C)n3-c3cccc(Cl)c3)n2)cc1. The molecule has 4 aromatic rings. The molecule has 0 aliphatic heterocycles. The molecule has 1 amide bonds. The van der Waals surface area contributed by atoms with Gasteiger partial charge < -0.3 is 5.32 Å². The molecule has 2 aromatic carbocycles. The van der Waals surface area contributed by atoms with Crippen LogP contribution in [0.4, 0.5) is 5.69 Å². The van der Waals surface area contributed by atoms with Crippen molar-refractivity contribution in [2.75, 3.05) is 5.32 Å². The highest BCUT2D eigenvalue weighted by atomic mass is 35.5. The first-order chi connectivity index (χ1) is 14.5. The van der Waals surface area contributed by atoms with Crippen molar-refractivity contribution in [1.82, 2.24) is 19.7 Å². The molecule has 0 radical (unpaired) electrons. The van der Waals surface area contributed by atoms with E-state index in [1.54, 1.807) is 5.38 Å². The zero-order chi connectivity index (χ0) is 21.1. The van der Waals surface area contributed by atoms with Gasteiger partial charge in [-0.15, -0.1) is 21.5 Å². The highest BCUT2D eigenvalue weighted by Gasteiger charge is 2.15. The summed E-state index contributed by atoms with van der Waals surface area (Å²) in [6.45, 7) is 3.90. The Bertz CT molecular complexity index is 1190. The van der Waals surface area contributed by atoms with Gasteiger partial charge in [-0.25, -0.2) is 4.98 Å². The van der Waals surface area contributed by atoms with Crippen LogP contribution < -0.4 is 5.32 Å². The summed E-state index contributed by atoms with van der Waals surface area (Å²) in [6, 6.07) is 15.2. The average molecular weight is 456 g/mol. The minimum Gasteiger partial charge on any atom is -0.321 e. The van der Waals surface area contributed by atoms with Crippen molar-refractivity contribution in [3.63, 3.8) is 0 Å². The van der Waals surface area contributed by atoms with Gasteiger partial charge in [-0.2, -0.15) is 0 Å². The summed E-state index contributed by atoms with van der Waals surface area (Å²) in [5.74, 6) is 1.14. The molecule has 0 aliphatic carbocycles. The highest BCUT2D eigenvalue weighted by Crippen LogP contribution is 2.27. The Hall–Kier alpha value is -2.68. The Balaban J connectivity index is 1.44. The normalized spacial score (nSPS) is 10.9. The van der Waals surface area contributed by atoms with Crippen molar-refractivity contribution in [2.24, 2.45) is 0 Å². The molecule has 30 heavy (non-hydrogen) atoms. The summed E-state index contributed by atoms with van der Waals surface area (Å²) in [4.78, 5) is 16.9. The lowest BCUT2D eigenvalue weighted by atomic mass is 10.2. The van der Waals surface area contributed by atoms with E-state index in [9.17, 15) is 4.79 Å². The lowest BCUT2D eigenvalue weighted by molar-refractivity contribution is 0.102. The van der Waals surface area contributed by atoms with E-state index < -0.39 is 0 Å². The van der Waals surface area contributed by atoms with Crippen LogP contribution in [0.3, 0.4) is 0 Å². The van der Waals surface area contributed by atoms with Crippen molar-refractivity contribution in [3.8, 4) is 5.69 Å². The van der Waals surface area contributed by atoms with E-state index in [4.69, 9.17) is 11.6 Å². The van der Waals surface area contributed by atoms with Gasteiger partial charge in [0.1, 0.15) is 16.5 Å². The van der Waals surface area contributed by atoms with E-state index in [-0.39, 0.29) is 5.91 Å². The number of anilines is 1. The van der Waals surface area contributed by atoms with Gasteiger partial charge in [-0.1, -0.05) is 47.1 Å². The van der Waals surface area contributed by atoms with Crippen LogP contribution in [-0.2, 0) is 5.75 Å². The summed E-state index contributed by atoms with van der Waals surface area (Å²) in [5, 5.41) is 15.3. The van der Waals surface area contributed by atoms with Crippen molar-refractivity contribution in [2.45, 2.75) is 24.8 Å². The van der Waals surface area contributed by atoms with Gasteiger partial charge >= 0.3 is 0 Å². The third-order valence-electron chi connectivity index (χ3n) is 4.28. The van der Waals surface area contributed by atoms with Crippen molar-refractivity contribution >= 4 is 46.3 Å². The van der Waals surface area contributed by atoms with Crippen LogP contribution in [0.15, 0.2) is 59.1 Å². The molecule has 9 heteroatoms. The second-order valence-electron chi connectivity index (χ2n) is 6.58. The molecule has 1 N–H and O–H groups in total. The maximum absolute atomic E-state index is 12.4. The Kier molecular flexibility index (Phi) is 6.17. The van der Waals surface area contributed by atoms with E-state index in [1.165, 1.54) is 23.1 Å². The Labute approximate surface area is 187 Å². The Morgan fingerprint density at radius 3 is 2.73 bits per heavy atom. The summed E-state index contributed by atoms with van der Waals surface area (Å²) >= 11 is 9.09. The van der Waals surface area contributed by atoms with E-state index in [0.717, 1.165) is 32.9 Å². The number of benzene rings is 2. The number of rotatable bonds is 6. The smallest absolute Gasteiger partial charge is 0.275 e. The quantitative estimate of drug-likeness (QED) is 0.386. The summed E-state index contributed by atoms with van der Waals surface area (Å²) in [6.07, 6.45) is 0. The fourth-order valence-electron chi connectivity index (χ4n) is 2.79. The van der Waals surface area contributed by atoms with E-state index in [2.05, 4.69) is 20.5 Å². The number of hydrogen-bond acceptors (Lipinski definition) is 6. The van der Waals surface area contributed by atoms with Crippen LogP contribution in [0.2, 0.25) is 5.02 Å². The maximum atomic E-state index is 12.4. The third kappa shape index (κ3) is 4.72. The van der Waals surface area contributed by atoms with Crippen LogP contribution >= 0.6 is 34.7 Å². The molecule has 152 valence electrons. The fourth-order valence-corrected chi connectivity index (χ4v) is 4.76. The van der Waals surface area contributed by atoms with Crippen LogP contribution in [-0.4, -0.2) is 25.7 Å². The molecule has 4 rings (SSSR count). The molecule has 0 spiro atoms. The second kappa shape index (κ2) is 8.99. The molecule has 0 saturated heterocycles. The first-order valence-electron chi connectivity index (χ1n) is 9.13. The van der Waals surface area contributed by atoms with E-state index in [1.807, 2.05) is 66.9 Å².